The van der Waals surface area contributed by atoms with Crippen LogP contribution in [-0.2, 0) is 0 Å². The predicted octanol–water partition coefficient (Wildman–Crippen LogP) is 2.42. The zero-order chi connectivity index (χ0) is 11.8. The van der Waals surface area contributed by atoms with Gasteiger partial charge in [-0.15, -0.1) is 9.18 Å². The summed E-state index contributed by atoms with van der Waals surface area (Å²) in [5.41, 5.74) is 1.09. The normalized spacial score (nSPS) is 13.7. The first-order valence-electron chi connectivity index (χ1n) is 2.69. The van der Waals surface area contributed by atoms with Crippen LogP contribution < -0.4 is 0 Å². The molecule has 2 nitrogen and oxygen atoms in total. The van der Waals surface area contributed by atoms with Crippen LogP contribution in [0.2, 0.25) is 0 Å². The van der Waals surface area contributed by atoms with Crippen LogP contribution in [0.4, 0.5) is 35.1 Å². The molecule has 0 unspecified atom stereocenters. The molecule has 0 radical (unpaired) electrons. The Labute approximate surface area is 70.7 Å². The van der Waals surface area contributed by atoms with Gasteiger partial charge >= 0.3 is 24.0 Å². The summed E-state index contributed by atoms with van der Waals surface area (Å²) >= 11 is 0. The largest absolute Gasteiger partial charge is 0.500 e. The fraction of sp³-hybridized carbons (Fsp3) is 0.750. The molecule has 0 aromatic heterocycles. The molecule has 0 rings (SSSR count). The third kappa shape index (κ3) is 1.69. The summed E-state index contributed by atoms with van der Waals surface area (Å²) in [6.45, 7) is 0. The van der Waals surface area contributed by atoms with E-state index in [1.165, 1.54) is 0 Å². The van der Waals surface area contributed by atoms with Gasteiger partial charge in [0.2, 0.25) is 0 Å². The molecule has 0 fully saturated rings. The van der Waals surface area contributed by atoms with Crippen molar-refractivity contribution >= 4 is 5.97 Å². The quantitative estimate of drug-likeness (QED) is 0.286. The van der Waals surface area contributed by atoms with Gasteiger partial charge in [0, 0.05) is 0 Å². The summed E-state index contributed by atoms with van der Waals surface area (Å²) < 4.78 is 93.2. The van der Waals surface area contributed by atoms with E-state index < -0.39 is 24.0 Å². The maximum absolute atomic E-state index is 12.3. The SMILES string of the molecule is [N-]=[N+]=C(F)C(F)(C(F)(F)F)C(F)(F)F. The van der Waals surface area contributed by atoms with E-state index in [9.17, 15) is 35.1 Å². The minimum atomic E-state index is -6.60. The van der Waals surface area contributed by atoms with Gasteiger partial charge < -0.3 is 5.53 Å². The molecule has 0 amide bonds. The van der Waals surface area contributed by atoms with Crippen LogP contribution in [0.15, 0.2) is 0 Å². The van der Waals surface area contributed by atoms with Crippen molar-refractivity contribution in [3.63, 3.8) is 0 Å². The highest BCUT2D eigenvalue weighted by atomic mass is 19.4. The van der Waals surface area contributed by atoms with E-state index in [4.69, 9.17) is 5.53 Å². The van der Waals surface area contributed by atoms with Crippen molar-refractivity contribution in [1.82, 2.24) is 0 Å². The van der Waals surface area contributed by atoms with Crippen LogP contribution >= 0.6 is 0 Å². The molecule has 0 aromatic carbocycles. The molecule has 0 spiro atoms. The lowest BCUT2D eigenvalue weighted by molar-refractivity contribution is -0.323. The van der Waals surface area contributed by atoms with E-state index in [1.807, 2.05) is 0 Å². The number of nitrogens with zero attached hydrogens (tertiary/aromatic N) is 2. The summed E-state index contributed by atoms with van der Waals surface area (Å²) in [5.74, 6) is -3.61. The van der Waals surface area contributed by atoms with Gasteiger partial charge in [-0.3, -0.25) is 0 Å². The van der Waals surface area contributed by atoms with Gasteiger partial charge in [-0.2, -0.15) is 26.3 Å². The van der Waals surface area contributed by atoms with Gasteiger partial charge in [0.05, 0.1) is 0 Å². The molecule has 0 aliphatic carbocycles. The summed E-state index contributed by atoms with van der Waals surface area (Å²) in [4.78, 5) is 0.928. The van der Waals surface area contributed by atoms with E-state index in [-0.39, 0.29) is 0 Å². The molecule has 0 atom stereocenters. The van der Waals surface area contributed by atoms with Crippen molar-refractivity contribution in [3.8, 4) is 0 Å². The highest BCUT2D eigenvalue weighted by Gasteiger charge is 2.81. The highest BCUT2D eigenvalue weighted by Crippen LogP contribution is 2.46. The Morgan fingerprint density at radius 1 is 0.857 bits per heavy atom. The van der Waals surface area contributed by atoms with E-state index in [0.29, 0.717) is 0 Å². The van der Waals surface area contributed by atoms with Gasteiger partial charge in [0.1, 0.15) is 0 Å². The smallest absolute Gasteiger partial charge is 0.358 e. The first-order chi connectivity index (χ1) is 5.98. The molecule has 0 bridgehead atoms. The first-order valence-corrected chi connectivity index (χ1v) is 2.69. The Morgan fingerprint density at radius 3 is 1.21 bits per heavy atom. The van der Waals surface area contributed by atoms with Crippen LogP contribution in [-0.4, -0.2) is 28.8 Å². The predicted molar refractivity (Wildman–Crippen MR) is 25.7 cm³/mol. The number of rotatable bonds is 1. The van der Waals surface area contributed by atoms with Gasteiger partial charge in [-0.25, -0.2) is 4.39 Å². The van der Waals surface area contributed by atoms with Crippen LogP contribution in [0, 0.1) is 0 Å². The van der Waals surface area contributed by atoms with Gasteiger partial charge in [-0.1, -0.05) is 0 Å². The van der Waals surface area contributed by atoms with Crippen molar-refractivity contribution in [1.29, 1.82) is 0 Å². The van der Waals surface area contributed by atoms with Crippen LogP contribution in [0.3, 0.4) is 0 Å². The monoisotopic (exact) mass is 228 g/mol. The average molecular weight is 228 g/mol. The highest BCUT2D eigenvalue weighted by molar-refractivity contribution is 5.81. The number of hydrogen-bond donors (Lipinski definition) is 0. The topological polar surface area (TPSA) is 36.4 Å². The Morgan fingerprint density at radius 2 is 1.14 bits per heavy atom. The zero-order valence-electron chi connectivity index (χ0n) is 5.92. The Bertz CT molecular complexity index is 254. The minimum Gasteiger partial charge on any atom is -0.358 e. The summed E-state index contributed by atoms with van der Waals surface area (Å²) in [6, 6.07) is 0. The van der Waals surface area contributed by atoms with E-state index in [2.05, 4.69) is 0 Å². The second-order valence-corrected chi connectivity index (χ2v) is 2.04. The van der Waals surface area contributed by atoms with Crippen LogP contribution in [0.25, 0.3) is 5.53 Å². The molecule has 0 heterocycles. The van der Waals surface area contributed by atoms with E-state index in [0.717, 1.165) is 4.79 Å². The number of hydrogen-bond acceptors (Lipinski definition) is 0. The summed E-state index contributed by atoms with van der Waals surface area (Å²) in [5, 5.41) is 0. The molecule has 0 saturated heterocycles. The lowest BCUT2D eigenvalue weighted by Crippen LogP contribution is -2.58. The Kier molecular flexibility index (Phi) is 2.92. The zero-order valence-corrected chi connectivity index (χ0v) is 5.92. The molecule has 82 valence electrons. The second kappa shape index (κ2) is 3.19. The lowest BCUT2D eigenvalue weighted by Gasteiger charge is -2.22. The molecule has 0 N–H and O–H groups in total. The molecular weight excluding hydrogens is 228 g/mol. The third-order valence-electron chi connectivity index (χ3n) is 1.15. The summed E-state index contributed by atoms with van der Waals surface area (Å²) in [7, 11) is 0. The molecule has 0 aromatic rings. The summed E-state index contributed by atoms with van der Waals surface area (Å²) in [6.07, 6.45) is -13.2. The maximum atomic E-state index is 12.3. The fourth-order valence-electron chi connectivity index (χ4n) is 0.464. The molecule has 0 saturated carbocycles. The second-order valence-electron chi connectivity index (χ2n) is 2.04. The van der Waals surface area contributed by atoms with E-state index >= 15 is 0 Å². The Balaban J connectivity index is 5.65. The van der Waals surface area contributed by atoms with Crippen molar-refractivity contribution in [3.05, 3.63) is 5.53 Å². The van der Waals surface area contributed by atoms with Gasteiger partial charge in [-0.05, 0) is 0 Å². The van der Waals surface area contributed by atoms with Crippen LogP contribution in [0.5, 0.6) is 0 Å². The Hall–Kier alpha value is -1.18. The number of halogens is 8. The third-order valence-corrected chi connectivity index (χ3v) is 1.15. The van der Waals surface area contributed by atoms with Crippen molar-refractivity contribution in [2.24, 2.45) is 0 Å². The molecule has 10 heteroatoms. The average Bonchev–Trinajstić information content (AvgIpc) is 1.97. The maximum Gasteiger partial charge on any atom is 0.500 e. The van der Waals surface area contributed by atoms with E-state index in [1.54, 1.807) is 0 Å². The number of alkyl halides is 7. The fourth-order valence-corrected chi connectivity index (χ4v) is 0.464. The van der Waals surface area contributed by atoms with Gasteiger partial charge in [0.25, 0.3) is 0 Å². The molecule has 0 aliphatic rings. The van der Waals surface area contributed by atoms with Gasteiger partial charge in [0.15, 0.2) is 0 Å². The molecule has 0 aliphatic heterocycles. The van der Waals surface area contributed by atoms with Crippen molar-refractivity contribution in [2.75, 3.05) is 0 Å². The molecule has 14 heavy (non-hydrogen) atoms. The lowest BCUT2D eigenvalue weighted by atomic mass is 10.1. The van der Waals surface area contributed by atoms with Crippen molar-refractivity contribution < 1.29 is 39.9 Å². The minimum absolute atomic E-state index is 0.928. The molecular formula is C4F8N2. The standard InChI is InChI=1S/C4F8N2/c5-1(14-13)2(6,3(7,8)9)4(10,11)12. The van der Waals surface area contributed by atoms with Crippen LogP contribution in [0.1, 0.15) is 0 Å². The first kappa shape index (κ1) is 12.8. The van der Waals surface area contributed by atoms with Crippen molar-refractivity contribution in [2.45, 2.75) is 18.0 Å².